The molecule has 0 saturated heterocycles. The van der Waals surface area contributed by atoms with Gasteiger partial charge in [-0.05, 0) is 25.7 Å². The van der Waals surface area contributed by atoms with Gasteiger partial charge in [0, 0.05) is 25.0 Å². The molecule has 0 bridgehead atoms. The number of carbonyl (C=O) groups excluding carboxylic acids is 1. The van der Waals surface area contributed by atoms with E-state index in [0.717, 1.165) is 44.2 Å². The summed E-state index contributed by atoms with van der Waals surface area (Å²) in [6, 6.07) is 0. The predicted molar refractivity (Wildman–Crippen MR) is 149 cm³/mol. The van der Waals surface area contributed by atoms with Crippen LogP contribution >= 0.6 is 15.9 Å². The first kappa shape index (κ1) is 33.9. The van der Waals surface area contributed by atoms with E-state index in [1.54, 1.807) is 0 Å². The molecule has 0 N–H and O–H groups in total. The van der Waals surface area contributed by atoms with Gasteiger partial charge in [0.25, 0.3) is 0 Å². The summed E-state index contributed by atoms with van der Waals surface area (Å²) < 4.78 is 17.5. The van der Waals surface area contributed by atoms with E-state index in [1.807, 2.05) is 0 Å². The Balaban J connectivity index is 4.00. The highest BCUT2D eigenvalue weighted by molar-refractivity contribution is 9.09. The minimum atomic E-state index is -0.281. The van der Waals surface area contributed by atoms with E-state index < -0.39 is 0 Å². The lowest BCUT2D eigenvalue weighted by molar-refractivity contribution is -0.159. The zero-order chi connectivity index (χ0) is 25.0. The molecule has 0 fully saturated rings. The fourth-order valence-electron chi connectivity index (χ4n) is 3.98. The molecular weight excluding hydrogens is 492 g/mol. The van der Waals surface area contributed by atoms with Gasteiger partial charge in [0.15, 0.2) is 6.29 Å². The van der Waals surface area contributed by atoms with Crippen LogP contribution in [0, 0.1) is 0 Å². The van der Waals surface area contributed by atoms with Gasteiger partial charge in [0.1, 0.15) is 0 Å². The summed E-state index contributed by atoms with van der Waals surface area (Å²) >= 11 is 3.46. The van der Waals surface area contributed by atoms with Crippen LogP contribution in [-0.2, 0) is 19.0 Å². The number of rotatable bonds is 28. The summed E-state index contributed by atoms with van der Waals surface area (Å²) in [5.41, 5.74) is 0. The summed E-state index contributed by atoms with van der Waals surface area (Å²) in [6.45, 7) is 6.49. The lowest BCUT2D eigenvalue weighted by atomic mass is 10.1. The number of ether oxygens (including phenoxy) is 3. The molecule has 0 aromatic rings. The molecule has 0 amide bonds. The summed E-state index contributed by atoms with van der Waals surface area (Å²) in [7, 11) is 0. The Labute approximate surface area is 220 Å². The third-order valence-electron chi connectivity index (χ3n) is 6.23. The first-order valence-corrected chi connectivity index (χ1v) is 15.8. The third-order valence-corrected chi connectivity index (χ3v) is 6.79. The Bertz CT molecular complexity index is 386. The highest BCUT2D eigenvalue weighted by Gasteiger charge is 2.13. The maximum atomic E-state index is 12.1. The molecule has 0 aliphatic rings. The van der Waals surface area contributed by atoms with Crippen LogP contribution in [0.3, 0.4) is 0 Å². The number of halogens is 1. The third kappa shape index (κ3) is 26.5. The van der Waals surface area contributed by atoms with Crippen LogP contribution in [0.25, 0.3) is 0 Å². The Kier molecular flexibility index (Phi) is 29.0. The van der Waals surface area contributed by atoms with E-state index in [2.05, 4.69) is 29.8 Å². The second-order valence-corrected chi connectivity index (χ2v) is 10.4. The van der Waals surface area contributed by atoms with Gasteiger partial charge < -0.3 is 14.2 Å². The molecule has 34 heavy (non-hydrogen) atoms. The van der Waals surface area contributed by atoms with E-state index in [1.165, 1.54) is 96.3 Å². The van der Waals surface area contributed by atoms with Crippen molar-refractivity contribution < 1.29 is 19.0 Å². The molecule has 0 heterocycles. The summed E-state index contributed by atoms with van der Waals surface area (Å²) in [6.07, 6.45) is 24.2. The van der Waals surface area contributed by atoms with Crippen LogP contribution in [0.5, 0.6) is 0 Å². The number of carbonyl (C=O) groups is 1. The molecule has 204 valence electrons. The molecule has 0 rings (SSSR count). The zero-order valence-corrected chi connectivity index (χ0v) is 24.4. The average Bonchev–Trinajstić information content (AvgIpc) is 2.84. The number of hydrogen-bond acceptors (Lipinski definition) is 4. The van der Waals surface area contributed by atoms with Crippen LogP contribution in [-0.4, -0.2) is 37.4 Å². The summed E-state index contributed by atoms with van der Waals surface area (Å²) in [4.78, 5) is 12.1. The maximum Gasteiger partial charge on any atom is 0.305 e. The Morgan fingerprint density at radius 3 is 1.47 bits per heavy atom. The van der Waals surface area contributed by atoms with Crippen molar-refractivity contribution in [3.8, 4) is 0 Å². The van der Waals surface area contributed by atoms with Crippen LogP contribution in [0.4, 0.5) is 0 Å². The molecular formula is C29H57BrO4. The van der Waals surface area contributed by atoms with E-state index >= 15 is 0 Å². The van der Waals surface area contributed by atoms with E-state index in [0.29, 0.717) is 19.4 Å². The maximum absolute atomic E-state index is 12.1. The monoisotopic (exact) mass is 548 g/mol. The average molecular weight is 550 g/mol. The second-order valence-electron chi connectivity index (χ2n) is 9.63. The van der Waals surface area contributed by atoms with Crippen molar-refractivity contribution in [3.05, 3.63) is 0 Å². The fourth-order valence-corrected chi connectivity index (χ4v) is 4.38. The highest BCUT2D eigenvalue weighted by atomic mass is 79.9. The molecule has 0 radical (unpaired) electrons. The second kappa shape index (κ2) is 29.1. The van der Waals surface area contributed by atoms with Crippen LogP contribution in [0.1, 0.15) is 149 Å². The first-order valence-electron chi connectivity index (χ1n) is 14.7. The number of esters is 1. The quantitative estimate of drug-likeness (QED) is 0.0422. The Hall–Kier alpha value is -0.130. The van der Waals surface area contributed by atoms with E-state index in [-0.39, 0.29) is 12.3 Å². The smallest absolute Gasteiger partial charge is 0.305 e. The van der Waals surface area contributed by atoms with Crippen molar-refractivity contribution in [2.75, 3.05) is 25.2 Å². The van der Waals surface area contributed by atoms with Crippen molar-refractivity contribution in [2.45, 2.75) is 155 Å². The SMILES string of the molecule is CCCCCCCCCOC(CCC(=O)OCCCCCCCBr)OCCCCCCCCC. The van der Waals surface area contributed by atoms with Crippen molar-refractivity contribution >= 4 is 21.9 Å². The standard InChI is InChI=1S/C29H57BrO4/c1-3-5-7-9-11-15-20-26-33-29(34-27-21-16-12-10-8-6-4-2)23-22-28(31)32-25-19-17-13-14-18-24-30/h29H,3-27H2,1-2H3. The van der Waals surface area contributed by atoms with Gasteiger partial charge in [0.2, 0.25) is 0 Å². The van der Waals surface area contributed by atoms with Crippen LogP contribution < -0.4 is 0 Å². The zero-order valence-electron chi connectivity index (χ0n) is 22.8. The van der Waals surface area contributed by atoms with Crippen molar-refractivity contribution in [3.63, 3.8) is 0 Å². The molecule has 0 unspecified atom stereocenters. The van der Waals surface area contributed by atoms with Crippen LogP contribution in [0.15, 0.2) is 0 Å². The first-order chi connectivity index (χ1) is 16.7. The molecule has 5 heteroatoms. The minimum absolute atomic E-state index is 0.121. The van der Waals surface area contributed by atoms with Gasteiger partial charge in [-0.25, -0.2) is 0 Å². The lowest BCUT2D eigenvalue weighted by Gasteiger charge is -2.18. The molecule has 0 atom stereocenters. The fraction of sp³-hybridized carbons (Fsp3) is 0.966. The van der Waals surface area contributed by atoms with Gasteiger partial charge in [-0.15, -0.1) is 0 Å². The van der Waals surface area contributed by atoms with Crippen molar-refractivity contribution in [1.82, 2.24) is 0 Å². The largest absolute Gasteiger partial charge is 0.466 e. The lowest BCUT2D eigenvalue weighted by Crippen LogP contribution is -2.21. The van der Waals surface area contributed by atoms with Gasteiger partial charge in [-0.2, -0.15) is 0 Å². The Morgan fingerprint density at radius 2 is 1.00 bits per heavy atom. The molecule has 0 aliphatic carbocycles. The number of alkyl halides is 1. The highest BCUT2D eigenvalue weighted by Crippen LogP contribution is 2.13. The molecule has 0 spiro atoms. The number of unbranched alkanes of at least 4 members (excludes halogenated alkanes) is 16. The topological polar surface area (TPSA) is 44.8 Å². The molecule has 0 aromatic heterocycles. The molecule has 0 aliphatic heterocycles. The van der Waals surface area contributed by atoms with Gasteiger partial charge in [0.05, 0.1) is 13.0 Å². The summed E-state index contributed by atoms with van der Waals surface area (Å²) in [5, 5.41) is 1.07. The van der Waals surface area contributed by atoms with E-state index in [4.69, 9.17) is 14.2 Å². The van der Waals surface area contributed by atoms with Gasteiger partial charge in [-0.3, -0.25) is 4.79 Å². The van der Waals surface area contributed by atoms with Crippen molar-refractivity contribution in [2.24, 2.45) is 0 Å². The van der Waals surface area contributed by atoms with E-state index in [9.17, 15) is 4.79 Å². The molecule has 0 saturated carbocycles. The number of hydrogen-bond donors (Lipinski definition) is 0. The molecule has 4 nitrogen and oxygen atoms in total. The normalized spacial score (nSPS) is 11.4. The predicted octanol–water partition coefficient (Wildman–Crippen LogP) is 9.52. The molecule has 0 aromatic carbocycles. The Morgan fingerprint density at radius 1 is 0.588 bits per heavy atom. The summed E-state index contributed by atoms with van der Waals surface area (Å²) in [5.74, 6) is -0.121. The van der Waals surface area contributed by atoms with Crippen molar-refractivity contribution in [1.29, 1.82) is 0 Å². The minimum Gasteiger partial charge on any atom is -0.466 e. The van der Waals surface area contributed by atoms with Gasteiger partial charge >= 0.3 is 5.97 Å². The van der Waals surface area contributed by atoms with Crippen LogP contribution in [0.2, 0.25) is 0 Å². The van der Waals surface area contributed by atoms with Gasteiger partial charge in [-0.1, -0.05) is 126 Å².